The van der Waals surface area contributed by atoms with Crippen LogP contribution in [0.4, 0.5) is 23.8 Å². The number of alkyl halides is 1. The molecule has 1 saturated carbocycles. The van der Waals surface area contributed by atoms with E-state index >= 15 is 0 Å². The van der Waals surface area contributed by atoms with Crippen molar-refractivity contribution in [2.45, 2.75) is 50.4 Å². The predicted molar refractivity (Wildman–Crippen MR) is 123 cm³/mol. The molecule has 3 aromatic heterocycles. The van der Waals surface area contributed by atoms with E-state index in [1.54, 1.807) is 6.20 Å². The lowest BCUT2D eigenvalue weighted by Gasteiger charge is -2.32. The number of urea groups is 1. The molecule has 1 saturated heterocycles. The second-order valence-electron chi connectivity index (χ2n) is 8.94. The van der Waals surface area contributed by atoms with Crippen molar-refractivity contribution in [1.29, 1.82) is 0 Å². The van der Waals surface area contributed by atoms with Gasteiger partial charge in [-0.1, -0.05) is 0 Å². The van der Waals surface area contributed by atoms with Gasteiger partial charge in [-0.3, -0.25) is 0 Å². The van der Waals surface area contributed by atoms with Crippen LogP contribution in [-0.2, 0) is 0 Å². The van der Waals surface area contributed by atoms with Crippen LogP contribution in [0.15, 0.2) is 18.6 Å². The van der Waals surface area contributed by atoms with Gasteiger partial charge in [-0.25, -0.2) is 32.9 Å². The Kier molecular flexibility index (Phi) is 6.35. The first-order chi connectivity index (χ1) is 16.9. The number of halogens is 3. The topological polar surface area (TPSA) is 108 Å². The van der Waals surface area contributed by atoms with E-state index in [4.69, 9.17) is 4.74 Å². The summed E-state index contributed by atoms with van der Waals surface area (Å²) in [5.41, 5.74) is 0.820. The zero-order valence-electron chi connectivity index (χ0n) is 19.2. The van der Waals surface area contributed by atoms with Crippen LogP contribution in [0, 0.1) is 11.6 Å². The van der Waals surface area contributed by atoms with E-state index in [0.29, 0.717) is 36.0 Å². The number of ether oxygens (including phenoxy) is 1. The van der Waals surface area contributed by atoms with Crippen LogP contribution in [0.5, 0.6) is 5.75 Å². The molecular weight excluding hydrogens is 463 g/mol. The molecule has 0 bridgehead atoms. The number of nitrogens with one attached hydrogen (secondary N) is 3. The van der Waals surface area contributed by atoms with Crippen LogP contribution >= 0.6 is 0 Å². The summed E-state index contributed by atoms with van der Waals surface area (Å²) >= 11 is 0. The monoisotopic (exact) mass is 489 g/mol. The van der Waals surface area contributed by atoms with Gasteiger partial charge >= 0.3 is 6.03 Å². The standard InChI is InChI=1S/C23H26F3N7O2/c1-35-19-16(25)9-29-22-18(19)15(8-27-22)20-28-10-17(26)21(32-20)30-13-3-2-4-14(7-13)31-23(34)33-6-5-12(24)11-33/h8-10,12-14H,2-7,11H2,1H3,(H,27,29)(H,31,34)(H,28,30,32)/t12-,13?,14-/m1/s1. The summed E-state index contributed by atoms with van der Waals surface area (Å²) in [5.74, 6) is -1.06. The van der Waals surface area contributed by atoms with Gasteiger partial charge in [0.05, 0.1) is 37.0 Å². The van der Waals surface area contributed by atoms with Gasteiger partial charge in [-0.15, -0.1) is 0 Å². The lowest BCUT2D eigenvalue weighted by molar-refractivity contribution is 0.195. The third kappa shape index (κ3) is 4.69. The van der Waals surface area contributed by atoms with Gasteiger partial charge in [0.2, 0.25) is 0 Å². The molecular formula is C23H26F3N7O2. The van der Waals surface area contributed by atoms with Gasteiger partial charge in [-0.05, 0) is 32.1 Å². The fourth-order valence-corrected chi connectivity index (χ4v) is 4.83. The number of methoxy groups -OCH3 is 1. The van der Waals surface area contributed by atoms with E-state index in [1.165, 1.54) is 12.0 Å². The lowest BCUT2D eigenvalue weighted by Crippen LogP contribution is -2.47. The Morgan fingerprint density at radius 1 is 1.17 bits per heavy atom. The fraction of sp³-hybridized carbons (Fsp3) is 0.478. The van der Waals surface area contributed by atoms with E-state index in [0.717, 1.165) is 31.7 Å². The number of amides is 2. The number of aromatic amines is 1. The zero-order valence-corrected chi connectivity index (χ0v) is 19.2. The summed E-state index contributed by atoms with van der Waals surface area (Å²) < 4.78 is 47.5. The number of hydrogen-bond donors (Lipinski definition) is 3. The number of hydrogen-bond acceptors (Lipinski definition) is 6. The molecule has 2 amide bonds. The highest BCUT2D eigenvalue weighted by Crippen LogP contribution is 2.35. The Balaban J connectivity index is 1.32. The molecule has 1 aliphatic heterocycles. The molecule has 1 unspecified atom stereocenters. The molecule has 0 radical (unpaired) electrons. The largest absolute Gasteiger partial charge is 0.493 e. The smallest absolute Gasteiger partial charge is 0.317 e. The number of rotatable bonds is 5. The van der Waals surface area contributed by atoms with Gasteiger partial charge < -0.3 is 25.3 Å². The van der Waals surface area contributed by atoms with Crippen molar-refractivity contribution in [3.63, 3.8) is 0 Å². The molecule has 35 heavy (non-hydrogen) atoms. The Hall–Kier alpha value is -3.57. The van der Waals surface area contributed by atoms with E-state index in [1.807, 2.05) is 0 Å². The summed E-state index contributed by atoms with van der Waals surface area (Å²) in [6.45, 7) is 0.529. The Bertz CT molecular complexity index is 1240. The molecule has 1 aliphatic carbocycles. The number of nitrogens with zero attached hydrogens (tertiary/aromatic N) is 4. The molecule has 9 nitrogen and oxygen atoms in total. The molecule has 4 heterocycles. The summed E-state index contributed by atoms with van der Waals surface area (Å²) in [6, 6.07) is -0.500. The summed E-state index contributed by atoms with van der Waals surface area (Å²) in [7, 11) is 1.35. The number of aromatic nitrogens is 4. The molecule has 5 rings (SSSR count). The molecule has 12 heteroatoms. The van der Waals surface area contributed by atoms with Gasteiger partial charge in [0.25, 0.3) is 0 Å². The maximum Gasteiger partial charge on any atom is 0.317 e. The second kappa shape index (κ2) is 9.59. The van der Waals surface area contributed by atoms with Gasteiger partial charge in [0.15, 0.2) is 29.0 Å². The first-order valence-corrected chi connectivity index (χ1v) is 11.6. The van der Waals surface area contributed by atoms with E-state index < -0.39 is 17.8 Å². The lowest BCUT2D eigenvalue weighted by atomic mass is 9.91. The molecule has 2 fully saturated rings. The van der Waals surface area contributed by atoms with Crippen molar-refractivity contribution < 1.29 is 22.7 Å². The number of pyridine rings is 1. The van der Waals surface area contributed by atoms with Crippen LogP contribution < -0.4 is 15.4 Å². The first kappa shape index (κ1) is 23.2. The van der Waals surface area contributed by atoms with E-state index in [9.17, 15) is 18.0 Å². The summed E-state index contributed by atoms with van der Waals surface area (Å²) in [5, 5.41) is 6.48. The Morgan fingerprint density at radius 2 is 1.97 bits per heavy atom. The number of carbonyl (C=O) groups excluding carboxylic acids is 1. The highest BCUT2D eigenvalue weighted by atomic mass is 19.1. The number of fused-ring (bicyclic) bond motifs is 1. The highest BCUT2D eigenvalue weighted by Gasteiger charge is 2.30. The van der Waals surface area contributed by atoms with E-state index in [-0.39, 0.29) is 42.1 Å². The minimum atomic E-state index is -0.971. The zero-order chi connectivity index (χ0) is 24.5. The van der Waals surface area contributed by atoms with Crippen LogP contribution in [0.1, 0.15) is 32.1 Å². The van der Waals surface area contributed by atoms with Gasteiger partial charge in [0, 0.05) is 24.8 Å². The molecule has 2 aliphatic rings. The third-order valence-corrected chi connectivity index (χ3v) is 6.56. The van der Waals surface area contributed by atoms with Crippen molar-refractivity contribution in [1.82, 2.24) is 30.2 Å². The molecule has 0 aromatic carbocycles. The molecule has 186 valence electrons. The average molecular weight is 490 g/mol. The van der Waals surface area contributed by atoms with Crippen LogP contribution in [-0.4, -0.2) is 69.3 Å². The average Bonchev–Trinajstić information content (AvgIpc) is 3.47. The minimum absolute atomic E-state index is 0.00312. The Morgan fingerprint density at radius 3 is 2.74 bits per heavy atom. The molecule has 3 aromatic rings. The van der Waals surface area contributed by atoms with Crippen LogP contribution in [0.25, 0.3) is 22.4 Å². The van der Waals surface area contributed by atoms with Crippen molar-refractivity contribution in [3.05, 3.63) is 30.2 Å². The SMILES string of the molecule is COc1c(F)cnc2[nH]cc(-c3ncc(F)c(NC4CCC[C@@H](NC(=O)N5CC[C@@H](F)C5)C4)n3)c12. The Labute approximate surface area is 199 Å². The predicted octanol–water partition coefficient (Wildman–Crippen LogP) is 3.78. The molecule has 3 N–H and O–H groups in total. The maximum absolute atomic E-state index is 14.6. The maximum atomic E-state index is 14.6. The molecule has 0 spiro atoms. The number of anilines is 1. The highest BCUT2D eigenvalue weighted by molar-refractivity contribution is 5.96. The second-order valence-corrected chi connectivity index (χ2v) is 8.94. The third-order valence-electron chi connectivity index (χ3n) is 6.56. The number of carbonyl (C=O) groups is 1. The summed E-state index contributed by atoms with van der Waals surface area (Å²) in [6.07, 6.45) is 6.06. The van der Waals surface area contributed by atoms with Crippen molar-refractivity contribution >= 4 is 22.9 Å². The fourth-order valence-electron chi connectivity index (χ4n) is 4.83. The van der Waals surface area contributed by atoms with Crippen molar-refractivity contribution in [3.8, 4) is 17.1 Å². The minimum Gasteiger partial charge on any atom is -0.493 e. The quantitative estimate of drug-likeness (QED) is 0.504. The van der Waals surface area contributed by atoms with Crippen LogP contribution in [0.2, 0.25) is 0 Å². The van der Waals surface area contributed by atoms with Crippen molar-refractivity contribution in [2.24, 2.45) is 0 Å². The normalized spacial score (nSPS) is 22.4. The van der Waals surface area contributed by atoms with Crippen LogP contribution in [0.3, 0.4) is 0 Å². The number of likely N-dealkylation sites (tertiary alicyclic amines) is 1. The van der Waals surface area contributed by atoms with E-state index in [2.05, 4.69) is 30.6 Å². The number of H-pyrrole nitrogens is 1. The first-order valence-electron chi connectivity index (χ1n) is 11.6. The summed E-state index contributed by atoms with van der Waals surface area (Å²) in [4.78, 5) is 29.3. The molecule has 3 atom stereocenters. The van der Waals surface area contributed by atoms with Gasteiger partial charge in [-0.2, -0.15) is 0 Å². The van der Waals surface area contributed by atoms with Crippen molar-refractivity contribution in [2.75, 3.05) is 25.5 Å². The van der Waals surface area contributed by atoms with Gasteiger partial charge in [0.1, 0.15) is 11.8 Å².